The number of aromatic nitrogens is 5. The molecule has 4 aromatic rings. The van der Waals surface area contributed by atoms with Crippen LogP contribution < -0.4 is 9.47 Å². The molecular weight excluding hydrogens is 310 g/mol. The minimum Gasteiger partial charge on any atom is -0.484 e. The standard InChI is InChI=1S/C16H13N5O3/c1-22-16-18-19-20-21(16)11-6-8-12(9-7-11)23-10-15-17-13-4-2-3-5-14(13)24-15/h2-9H,10H2,1H3. The van der Waals surface area contributed by atoms with E-state index in [9.17, 15) is 0 Å². The normalized spacial score (nSPS) is 10.9. The number of hydrogen-bond acceptors (Lipinski definition) is 7. The molecule has 0 fully saturated rings. The third kappa shape index (κ3) is 2.65. The van der Waals surface area contributed by atoms with E-state index in [4.69, 9.17) is 13.9 Å². The zero-order chi connectivity index (χ0) is 16.4. The molecule has 0 bridgehead atoms. The number of oxazole rings is 1. The first kappa shape index (κ1) is 14.2. The van der Waals surface area contributed by atoms with Crippen molar-refractivity contribution in [1.29, 1.82) is 0 Å². The average Bonchev–Trinajstić information content (AvgIpc) is 3.26. The minimum atomic E-state index is 0.252. The Hall–Kier alpha value is -3.42. The molecule has 120 valence electrons. The summed E-state index contributed by atoms with van der Waals surface area (Å²) in [4.78, 5) is 4.37. The molecule has 8 heteroatoms. The van der Waals surface area contributed by atoms with Crippen LogP contribution in [0.4, 0.5) is 0 Å². The summed E-state index contributed by atoms with van der Waals surface area (Å²) in [6, 6.07) is 15.2. The van der Waals surface area contributed by atoms with E-state index in [0.717, 1.165) is 16.8 Å². The van der Waals surface area contributed by atoms with Gasteiger partial charge in [-0.3, -0.25) is 0 Å². The molecule has 0 amide bonds. The summed E-state index contributed by atoms with van der Waals surface area (Å²) in [6.07, 6.45) is 0. The molecule has 0 N–H and O–H groups in total. The summed E-state index contributed by atoms with van der Waals surface area (Å²) in [7, 11) is 1.51. The topological polar surface area (TPSA) is 88.1 Å². The lowest BCUT2D eigenvalue weighted by atomic mass is 10.3. The van der Waals surface area contributed by atoms with Crippen LogP contribution in [0.25, 0.3) is 16.8 Å². The molecular formula is C16H13N5O3. The number of methoxy groups -OCH3 is 1. The number of para-hydroxylation sites is 2. The summed E-state index contributed by atoms with van der Waals surface area (Å²) in [5.74, 6) is 1.22. The monoisotopic (exact) mass is 323 g/mol. The Balaban J connectivity index is 1.47. The highest BCUT2D eigenvalue weighted by molar-refractivity contribution is 5.72. The molecule has 0 unspecified atom stereocenters. The molecule has 0 atom stereocenters. The van der Waals surface area contributed by atoms with Crippen molar-refractivity contribution in [2.45, 2.75) is 6.61 Å². The molecule has 0 aliphatic heterocycles. The van der Waals surface area contributed by atoms with Gasteiger partial charge in [-0.1, -0.05) is 17.2 Å². The minimum absolute atomic E-state index is 0.252. The van der Waals surface area contributed by atoms with Crippen LogP contribution in [0.2, 0.25) is 0 Å². The SMILES string of the molecule is COc1nnnn1-c1ccc(OCc2nc3ccccc3o2)cc1. The Morgan fingerprint density at radius 3 is 2.71 bits per heavy atom. The van der Waals surface area contributed by atoms with E-state index in [2.05, 4.69) is 20.5 Å². The second-order valence-electron chi connectivity index (χ2n) is 4.94. The van der Waals surface area contributed by atoms with Crippen LogP contribution in [0.15, 0.2) is 52.9 Å². The molecule has 2 aromatic heterocycles. The molecule has 0 radical (unpaired) electrons. The highest BCUT2D eigenvalue weighted by atomic mass is 16.5. The van der Waals surface area contributed by atoms with E-state index in [1.807, 2.05) is 48.5 Å². The fraction of sp³-hybridized carbons (Fsp3) is 0.125. The van der Waals surface area contributed by atoms with Crippen LogP contribution in [-0.2, 0) is 6.61 Å². The van der Waals surface area contributed by atoms with E-state index >= 15 is 0 Å². The first-order valence-corrected chi connectivity index (χ1v) is 7.23. The van der Waals surface area contributed by atoms with Gasteiger partial charge in [0.15, 0.2) is 12.2 Å². The Morgan fingerprint density at radius 1 is 1.08 bits per heavy atom. The molecule has 8 nitrogen and oxygen atoms in total. The van der Waals surface area contributed by atoms with Crippen molar-refractivity contribution in [1.82, 2.24) is 25.2 Å². The smallest absolute Gasteiger partial charge is 0.340 e. The number of fused-ring (bicyclic) bond motifs is 1. The Morgan fingerprint density at radius 2 is 1.92 bits per heavy atom. The second kappa shape index (κ2) is 5.99. The first-order chi connectivity index (χ1) is 11.8. The summed E-state index contributed by atoms with van der Waals surface area (Å²) >= 11 is 0. The largest absolute Gasteiger partial charge is 0.484 e. The fourth-order valence-corrected chi connectivity index (χ4v) is 2.28. The summed E-state index contributed by atoms with van der Waals surface area (Å²) in [6.45, 7) is 0.252. The van der Waals surface area contributed by atoms with E-state index in [-0.39, 0.29) is 6.61 Å². The van der Waals surface area contributed by atoms with E-state index < -0.39 is 0 Å². The van der Waals surface area contributed by atoms with Crippen LogP contribution in [-0.4, -0.2) is 32.3 Å². The van der Waals surface area contributed by atoms with E-state index in [1.165, 1.54) is 11.8 Å². The highest BCUT2D eigenvalue weighted by Crippen LogP contribution is 2.20. The van der Waals surface area contributed by atoms with Crippen molar-refractivity contribution >= 4 is 11.1 Å². The van der Waals surface area contributed by atoms with Gasteiger partial charge in [0.2, 0.25) is 5.89 Å². The van der Waals surface area contributed by atoms with Gasteiger partial charge in [0.1, 0.15) is 11.3 Å². The number of rotatable bonds is 5. The summed E-state index contributed by atoms with van der Waals surface area (Å²) < 4.78 is 17.9. The van der Waals surface area contributed by atoms with Crippen molar-refractivity contribution in [3.05, 3.63) is 54.4 Å². The molecule has 24 heavy (non-hydrogen) atoms. The van der Waals surface area contributed by atoms with Crippen molar-refractivity contribution < 1.29 is 13.9 Å². The molecule has 2 aromatic carbocycles. The lowest BCUT2D eigenvalue weighted by Gasteiger charge is -2.06. The Kier molecular flexibility index (Phi) is 3.54. The van der Waals surface area contributed by atoms with Crippen molar-refractivity contribution in [3.8, 4) is 17.4 Å². The predicted molar refractivity (Wildman–Crippen MR) is 84.0 cm³/mol. The zero-order valence-corrected chi connectivity index (χ0v) is 12.8. The van der Waals surface area contributed by atoms with E-state index in [0.29, 0.717) is 17.7 Å². The molecule has 4 rings (SSSR count). The molecule has 0 aliphatic rings. The molecule has 0 saturated carbocycles. The number of ether oxygens (including phenoxy) is 2. The molecule has 2 heterocycles. The van der Waals surface area contributed by atoms with Gasteiger partial charge in [-0.15, -0.1) is 0 Å². The van der Waals surface area contributed by atoms with Gasteiger partial charge in [0, 0.05) is 0 Å². The van der Waals surface area contributed by atoms with Crippen LogP contribution in [0.1, 0.15) is 5.89 Å². The van der Waals surface area contributed by atoms with Crippen molar-refractivity contribution in [2.75, 3.05) is 7.11 Å². The van der Waals surface area contributed by atoms with Gasteiger partial charge >= 0.3 is 6.01 Å². The van der Waals surface area contributed by atoms with Crippen LogP contribution in [0.5, 0.6) is 11.8 Å². The van der Waals surface area contributed by atoms with Crippen molar-refractivity contribution in [2.24, 2.45) is 0 Å². The lowest BCUT2D eigenvalue weighted by Crippen LogP contribution is -2.01. The van der Waals surface area contributed by atoms with Gasteiger partial charge in [0.05, 0.1) is 12.8 Å². The fourth-order valence-electron chi connectivity index (χ4n) is 2.28. The quantitative estimate of drug-likeness (QED) is 0.557. The predicted octanol–water partition coefficient (Wildman–Crippen LogP) is 2.39. The maximum absolute atomic E-state index is 5.70. The van der Waals surface area contributed by atoms with Gasteiger partial charge in [-0.05, 0) is 46.8 Å². The molecule has 0 saturated heterocycles. The zero-order valence-electron chi connectivity index (χ0n) is 12.8. The molecule has 0 aliphatic carbocycles. The van der Waals surface area contributed by atoms with Gasteiger partial charge in [-0.25, -0.2) is 4.98 Å². The maximum atomic E-state index is 5.70. The molecule has 0 spiro atoms. The number of benzene rings is 2. The number of nitrogens with zero attached hydrogens (tertiary/aromatic N) is 5. The lowest BCUT2D eigenvalue weighted by molar-refractivity contribution is 0.267. The van der Waals surface area contributed by atoms with Crippen LogP contribution in [0, 0.1) is 0 Å². The van der Waals surface area contributed by atoms with Gasteiger partial charge < -0.3 is 13.9 Å². The average molecular weight is 323 g/mol. The van der Waals surface area contributed by atoms with Crippen molar-refractivity contribution in [3.63, 3.8) is 0 Å². The maximum Gasteiger partial charge on any atom is 0.340 e. The van der Waals surface area contributed by atoms with Crippen LogP contribution >= 0.6 is 0 Å². The third-order valence-corrected chi connectivity index (χ3v) is 3.41. The highest BCUT2D eigenvalue weighted by Gasteiger charge is 2.09. The first-order valence-electron chi connectivity index (χ1n) is 7.23. The number of hydrogen-bond donors (Lipinski definition) is 0. The Labute approximate surface area is 136 Å². The second-order valence-corrected chi connectivity index (χ2v) is 4.94. The summed E-state index contributed by atoms with van der Waals surface area (Å²) in [5.41, 5.74) is 2.33. The Bertz CT molecular complexity index is 928. The van der Waals surface area contributed by atoms with E-state index in [1.54, 1.807) is 0 Å². The number of tetrazole rings is 1. The van der Waals surface area contributed by atoms with Crippen LogP contribution in [0.3, 0.4) is 0 Å². The third-order valence-electron chi connectivity index (χ3n) is 3.41. The van der Waals surface area contributed by atoms with Gasteiger partial charge in [0.25, 0.3) is 0 Å². The summed E-state index contributed by atoms with van der Waals surface area (Å²) in [5, 5.41) is 11.2. The van der Waals surface area contributed by atoms with Gasteiger partial charge in [-0.2, -0.15) is 4.68 Å².